The zero-order chi connectivity index (χ0) is 15.4. The summed E-state index contributed by atoms with van der Waals surface area (Å²) in [6.07, 6.45) is 6.54. The van der Waals surface area contributed by atoms with Gasteiger partial charge < -0.3 is 10.3 Å². The predicted octanol–water partition coefficient (Wildman–Crippen LogP) is 3.71. The molecule has 112 valence electrons. The molecule has 0 bridgehead atoms. The Morgan fingerprint density at radius 2 is 1.68 bits per heavy atom. The monoisotopic (exact) mass is 295 g/mol. The van der Waals surface area contributed by atoms with Gasteiger partial charge in [-0.05, 0) is 48.9 Å². The van der Waals surface area contributed by atoms with Crippen molar-refractivity contribution < 1.29 is 4.39 Å². The van der Waals surface area contributed by atoms with E-state index in [9.17, 15) is 4.39 Å². The van der Waals surface area contributed by atoms with Crippen LogP contribution in [-0.2, 0) is 6.54 Å². The minimum atomic E-state index is -0.225. The normalized spacial score (nSPS) is 10.8. The fourth-order valence-corrected chi connectivity index (χ4v) is 2.61. The molecule has 22 heavy (non-hydrogen) atoms. The molecule has 0 saturated heterocycles. The fourth-order valence-electron chi connectivity index (χ4n) is 2.61. The third-order valence-corrected chi connectivity index (χ3v) is 3.68. The first kappa shape index (κ1) is 14.5. The second-order valence-corrected chi connectivity index (χ2v) is 5.16. The third-order valence-electron chi connectivity index (χ3n) is 3.68. The van der Waals surface area contributed by atoms with Gasteiger partial charge >= 0.3 is 0 Å². The van der Waals surface area contributed by atoms with Gasteiger partial charge in [-0.15, -0.1) is 0 Å². The van der Waals surface area contributed by atoms with Crippen LogP contribution in [0.5, 0.6) is 0 Å². The number of rotatable bonds is 5. The van der Waals surface area contributed by atoms with Gasteiger partial charge in [0.25, 0.3) is 0 Å². The molecule has 0 aliphatic rings. The molecule has 0 amide bonds. The van der Waals surface area contributed by atoms with E-state index in [0.717, 1.165) is 35.3 Å². The molecule has 3 nitrogen and oxygen atoms in total. The van der Waals surface area contributed by atoms with E-state index in [1.54, 1.807) is 12.4 Å². The van der Waals surface area contributed by atoms with E-state index >= 15 is 0 Å². The van der Waals surface area contributed by atoms with E-state index in [1.165, 1.54) is 12.1 Å². The molecule has 1 aromatic carbocycles. The van der Waals surface area contributed by atoms with Crippen LogP contribution in [0.2, 0.25) is 0 Å². The molecule has 0 radical (unpaired) electrons. The van der Waals surface area contributed by atoms with Crippen LogP contribution in [0, 0.1) is 5.82 Å². The quantitative estimate of drug-likeness (QED) is 0.780. The van der Waals surface area contributed by atoms with Gasteiger partial charge in [0.2, 0.25) is 0 Å². The van der Waals surface area contributed by atoms with Gasteiger partial charge in [0, 0.05) is 36.3 Å². The van der Waals surface area contributed by atoms with Gasteiger partial charge in [0.1, 0.15) is 5.82 Å². The van der Waals surface area contributed by atoms with Crippen molar-refractivity contribution in [2.24, 2.45) is 5.73 Å². The Morgan fingerprint density at radius 1 is 0.955 bits per heavy atom. The third kappa shape index (κ3) is 2.92. The van der Waals surface area contributed by atoms with Crippen LogP contribution < -0.4 is 5.73 Å². The van der Waals surface area contributed by atoms with E-state index in [2.05, 4.69) is 21.8 Å². The molecule has 2 aromatic heterocycles. The molecule has 3 rings (SSSR count). The van der Waals surface area contributed by atoms with Crippen molar-refractivity contribution in [3.63, 3.8) is 0 Å². The van der Waals surface area contributed by atoms with Crippen LogP contribution in [0.4, 0.5) is 4.39 Å². The molecule has 0 spiro atoms. The average molecular weight is 295 g/mol. The Hall–Kier alpha value is -2.46. The first-order chi connectivity index (χ1) is 10.8. The number of halogens is 1. The van der Waals surface area contributed by atoms with Crippen molar-refractivity contribution in [1.29, 1.82) is 0 Å². The molecule has 3 aromatic rings. The topological polar surface area (TPSA) is 43.8 Å². The summed E-state index contributed by atoms with van der Waals surface area (Å²) in [6.45, 7) is 1.51. The molecular formula is C18H18FN3. The van der Waals surface area contributed by atoms with Gasteiger partial charge in [-0.1, -0.05) is 12.1 Å². The maximum absolute atomic E-state index is 13.2. The van der Waals surface area contributed by atoms with Gasteiger partial charge in [-0.3, -0.25) is 4.98 Å². The number of pyridine rings is 1. The summed E-state index contributed by atoms with van der Waals surface area (Å²) < 4.78 is 15.4. The van der Waals surface area contributed by atoms with Crippen LogP contribution >= 0.6 is 0 Å². The molecule has 0 fully saturated rings. The van der Waals surface area contributed by atoms with E-state index in [1.807, 2.05) is 24.3 Å². The van der Waals surface area contributed by atoms with E-state index in [0.29, 0.717) is 6.54 Å². The first-order valence-corrected chi connectivity index (χ1v) is 7.35. The number of aromatic nitrogens is 2. The minimum Gasteiger partial charge on any atom is -0.347 e. The number of benzene rings is 1. The minimum absolute atomic E-state index is 0.225. The standard InChI is InChI=1S/C18H18FN3/c19-16-4-2-14(3-5-16)17-8-13-22(12-1-9-20)18(17)15-6-10-21-11-7-15/h2-8,10-11,13H,1,9,12,20H2. The molecule has 0 aliphatic heterocycles. The maximum Gasteiger partial charge on any atom is 0.123 e. The summed E-state index contributed by atoms with van der Waals surface area (Å²) in [5, 5.41) is 0. The van der Waals surface area contributed by atoms with Crippen LogP contribution in [-0.4, -0.2) is 16.1 Å². The molecule has 0 atom stereocenters. The lowest BCUT2D eigenvalue weighted by Gasteiger charge is -2.12. The van der Waals surface area contributed by atoms with Crippen molar-refractivity contribution in [2.75, 3.05) is 6.54 Å². The number of aryl methyl sites for hydroxylation is 1. The summed E-state index contributed by atoms with van der Waals surface area (Å²) in [4.78, 5) is 4.08. The number of nitrogens with zero attached hydrogens (tertiary/aromatic N) is 2. The van der Waals surface area contributed by atoms with Crippen molar-refractivity contribution in [2.45, 2.75) is 13.0 Å². The SMILES string of the molecule is NCCCn1ccc(-c2ccc(F)cc2)c1-c1ccncc1. The Labute approximate surface area is 129 Å². The van der Waals surface area contributed by atoms with Crippen molar-refractivity contribution >= 4 is 0 Å². The van der Waals surface area contributed by atoms with Crippen molar-refractivity contribution in [1.82, 2.24) is 9.55 Å². The molecule has 4 heteroatoms. The molecular weight excluding hydrogens is 277 g/mol. The van der Waals surface area contributed by atoms with Crippen LogP contribution in [0.15, 0.2) is 61.1 Å². The van der Waals surface area contributed by atoms with Crippen molar-refractivity contribution in [3.05, 3.63) is 66.9 Å². The predicted molar refractivity (Wildman–Crippen MR) is 86.7 cm³/mol. The summed E-state index contributed by atoms with van der Waals surface area (Å²) >= 11 is 0. The maximum atomic E-state index is 13.2. The zero-order valence-corrected chi connectivity index (χ0v) is 12.2. The smallest absolute Gasteiger partial charge is 0.123 e. The Kier molecular flexibility index (Phi) is 4.30. The molecule has 2 heterocycles. The van der Waals surface area contributed by atoms with Gasteiger partial charge in [0.15, 0.2) is 0 Å². The number of hydrogen-bond acceptors (Lipinski definition) is 2. The highest BCUT2D eigenvalue weighted by Gasteiger charge is 2.13. The van der Waals surface area contributed by atoms with E-state index in [4.69, 9.17) is 5.73 Å². The van der Waals surface area contributed by atoms with Gasteiger partial charge in [0.05, 0.1) is 5.69 Å². The first-order valence-electron chi connectivity index (χ1n) is 7.35. The van der Waals surface area contributed by atoms with Gasteiger partial charge in [-0.25, -0.2) is 4.39 Å². The largest absolute Gasteiger partial charge is 0.347 e. The summed E-state index contributed by atoms with van der Waals surface area (Å²) in [7, 11) is 0. The molecule has 0 saturated carbocycles. The van der Waals surface area contributed by atoms with Crippen LogP contribution in [0.3, 0.4) is 0 Å². The Morgan fingerprint density at radius 3 is 2.36 bits per heavy atom. The average Bonchev–Trinajstić information content (AvgIpc) is 2.98. The lowest BCUT2D eigenvalue weighted by Crippen LogP contribution is -2.06. The van der Waals surface area contributed by atoms with Crippen molar-refractivity contribution in [3.8, 4) is 22.4 Å². The van der Waals surface area contributed by atoms with Crippen LogP contribution in [0.25, 0.3) is 22.4 Å². The van der Waals surface area contributed by atoms with E-state index in [-0.39, 0.29) is 5.82 Å². The summed E-state index contributed by atoms with van der Waals surface area (Å²) in [5.74, 6) is -0.225. The number of hydrogen-bond donors (Lipinski definition) is 1. The fraction of sp³-hybridized carbons (Fsp3) is 0.167. The van der Waals surface area contributed by atoms with Crippen LogP contribution in [0.1, 0.15) is 6.42 Å². The van der Waals surface area contributed by atoms with E-state index < -0.39 is 0 Å². The summed E-state index contributed by atoms with van der Waals surface area (Å²) in [5.41, 5.74) is 9.93. The highest BCUT2D eigenvalue weighted by molar-refractivity contribution is 5.81. The molecule has 2 N–H and O–H groups in total. The van der Waals surface area contributed by atoms with Gasteiger partial charge in [-0.2, -0.15) is 0 Å². The highest BCUT2D eigenvalue weighted by Crippen LogP contribution is 2.33. The Bertz CT molecular complexity index is 733. The molecule has 0 unspecified atom stereocenters. The Balaban J connectivity index is 2.10. The lowest BCUT2D eigenvalue weighted by atomic mass is 10.0. The molecule has 0 aliphatic carbocycles. The summed E-state index contributed by atoms with van der Waals surface area (Å²) in [6, 6.07) is 12.6. The second kappa shape index (κ2) is 6.54. The zero-order valence-electron chi connectivity index (χ0n) is 12.2. The highest BCUT2D eigenvalue weighted by atomic mass is 19.1. The number of nitrogens with two attached hydrogens (primary N) is 1. The second-order valence-electron chi connectivity index (χ2n) is 5.16. The lowest BCUT2D eigenvalue weighted by molar-refractivity contribution is 0.628.